The predicted octanol–water partition coefficient (Wildman–Crippen LogP) is 1.07. The van der Waals surface area contributed by atoms with Crippen LogP contribution in [0.2, 0.25) is 0 Å². The van der Waals surface area contributed by atoms with Crippen LogP contribution in [0.15, 0.2) is 6.20 Å². The predicted molar refractivity (Wildman–Crippen MR) is 47.1 cm³/mol. The average Bonchev–Trinajstić information content (AvgIpc) is 2.56. The molecule has 12 heavy (non-hydrogen) atoms. The molecule has 1 aromatic heterocycles. The molecule has 0 aliphatic carbocycles. The van der Waals surface area contributed by atoms with Crippen LogP contribution in [-0.2, 0) is 0 Å². The summed E-state index contributed by atoms with van der Waals surface area (Å²) in [7, 11) is 0. The van der Waals surface area contributed by atoms with Crippen LogP contribution in [0.1, 0.15) is 29.9 Å². The van der Waals surface area contributed by atoms with Gasteiger partial charge >= 0.3 is 0 Å². The minimum atomic E-state index is -0.0839. The van der Waals surface area contributed by atoms with E-state index >= 15 is 0 Å². The van der Waals surface area contributed by atoms with E-state index in [0.29, 0.717) is 4.88 Å². The highest BCUT2D eigenvalue weighted by Gasteiger charge is 2.09. The second kappa shape index (κ2) is 4.15. The van der Waals surface area contributed by atoms with E-state index in [2.05, 4.69) is 14.9 Å². The zero-order chi connectivity index (χ0) is 8.97. The molecule has 1 rings (SSSR count). The van der Waals surface area contributed by atoms with Crippen molar-refractivity contribution in [3.05, 3.63) is 11.1 Å². The van der Waals surface area contributed by atoms with Crippen molar-refractivity contribution in [2.75, 3.05) is 0 Å². The van der Waals surface area contributed by atoms with Crippen molar-refractivity contribution in [3.63, 3.8) is 0 Å². The molecule has 1 aromatic rings. The van der Waals surface area contributed by atoms with E-state index in [9.17, 15) is 4.79 Å². The maximum Gasteiger partial charge on any atom is 0.264 e. The molecule has 0 saturated carbocycles. The normalized spacial score (nSPS) is 12.5. The maximum absolute atomic E-state index is 11.3. The van der Waals surface area contributed by atoms with Gasteiger partial charge < -0.3 is 5.32 Å². The number of rotatable bonds is 3. The Morgan fingerprint density at radius 1 is 1.83 bits per heavy atom. The molecule has 4 nitrogen and oxygen atoms in total. The van der Waals surface area contributed by atoms with Gasteiger partial charge in [-0.05, 0) is 24.9 Å². The van der Waals surface area contributed by atoms with Crippen molar-refractivity contribution in [2.45, 2.75) is 26.3 Å². The van der Waals surface area contributed by atoms with E-state index in [1.807, 2.05) is 13.8 Å². The standard InChI is InChI=1S/C7H11N3OS/c1-3-5(2)9-7(11)6-4-8-10-12-6/h4-5H,3H2,1-2H3,(H,9,11). The Labute approximate surface area is 75.2 Å². The highest BCUT2D eigenvalue weighted by molar-refractivity contribution is 7.07. The van der Waals surface area contributed by atoms with Crippen molar-refractivity contribution in [3.8, 4) is 0 Å². The lowest BCUT2D eigenvalue weighted by Gasteiger charge is -2.08. The number of nitrogens with zero attached hydrogens (tertiary/aromatic N) is 2. The lowest BCUT2D eigenvalue weighted by Crippen LogP contribution is -2.31. The zero-order valence-electron chi connectivity index (χ0n) is 7.07. The van der Waals surface area contributed by atoms with Crippen molar-refractivity contribution < 1.29 is 4.79 Å². The second-order valence-corrected chi connectivity index (χ2v) is 3.35. The van der Waals surface area contributed by atoms with Crippen LogP contribution in [0.4, 0.5) is 0 Å². The fourth-order valence-corrected chi connectivity index (χ4v) is 1.08. The van der Waals surface area contributed by atoms with Crippen LogP contribution in [0.3, 0.4) is 0 Å². The van der Waals surface area contributed by atoms with Gasteiger partial charge in [0.15, 0.2) is 0 Å². The second-order valence-electron chi connectivity index (χ2n) is 2.56. The third-order valence-electron chi connectivity index (χ3n) is 1.57. The number of aromatic nitrogens is 2. The monoisotopic (exact) mass is 185 g/mol. The van der Waals surface area contributed by atoms with E-state index in [1.54, 1.807) is 0 Å². The molecule has 0 fully saturated rings. The highest BCUT2D eigenvalue weighted by Crippen LogP contribution is 2.02. The molecule has 1 heterocycles. The van der Waals surface area contributed by atoms with E-state index in [4.69, 9.17) is 0 Å². The van der Waals surface area contributed by atoms with Gasteiger partial charge in [-0.15, -0.1) is 5.10 Å². The first-order chi connectivity index (χ1) is 5.74. The number of hydrogen-bond donors (Lipinski definition) is 1. The SMILES string of the molecule is CCC(C)NC(=O)c1cnns1. The van der Waals surface area contributed by atoms with Gasteiger partial charge in [-0.25, -0.2) is 0 Å². The van der Waals surface area contributed by atoms with Crippen molar-refractivity contribution in [1.29, 1.82) is 0 Å². The summed E-state index contributed by atoms with van der Waals surface area (Å²) in [4.78, 5) is 11.9. The molecule has 0 aliphatic rings. The number of carbonyl (C=O) groups excluding carboxylic acids is 1. The molecular weight excluding hydrogens is 174 g/mol. The fourth-order valence-electron chi connectivity index (χ4n) is 0.664. The van der Waals surface area contributed by atoms with Crippen LogP contribution >= 0.6 is 11.5 Å². The summed E-state index contributed by atoms with van der Waals surface area (Å²) in [6.45, 7) is 3.99. The van der Waals surface area contributed by atoms with Gasteiger partial charge in [0.05, 0.1) is 6.20 Å². The Bertz CT molecular complexity index is 247. The first kappa shape index (κ1) is 9.12. The summed E-state index contributed by atoms with van der Waals surface area (Å²) in [5.41, 5.74) is 0. The number of carbonyl (C=O) groups is 1. The smallest absolute Gasteiger partial charge is 0.264 e. The highest BCUT2D eigenvalue weighted by atomic mass is 32.1. The lowest BCUT2D eigenvalue weighted by molar-refractivity contribution is 0.0943. The third kappa shape index (κ3) is 2.27. The van der Waals surface area contributed by atoms with Crippen LogP contribution in [0, 0.1) is 0 Å². The minimum Gasteiger partial charge on any atom is -0.349 e. The molecule has 0 spiro atoms. The Balaban J connectivity index is 2.50. The molecule has 1 atom stereocenters. The van der Waals surface area contributed by atoms with E-state index < -0.39 is 0 Å². The molecule has 1 unspecified atom stereocenters. The average molecular weight is 185 g/mol. The molecule has 66 valence electrons. The molecule has 0 aliphatic heterocycles. The van der Waals surface area contributed by atoms with Crippen LogP contribution in [0.25, 0.3) is 0 Å². The van der Waals surface area contributed by atoms with Gasteiger partial charge in [0.2, 0.25) is 0 Å². The fraction of sp³-hybridized carbons (Fsp3) is 0.571. The van der Waals surface area contributed by atoms with Gasteiger partial charge in [0.25, 0.3) is 5.91 Å². The lowest BCUT2D eigenvalue weighted by atomic mass is 10.2. The van der Waals surface area contributed by atoms with Crippen LogP contribution in [-0.4, -0.2) is 21.5 Å². The first-order valence-electron chi connectivity index (χ1n) is 3.82. The molecule has 1 N–H and O–H groups in total. The summed E-state index contributed by atoms with van der Waals surface area (Å²) in [5, 5.41) is 6.41. The van der Waals surface area contributed by atoms with Crippen LogP contribution in [0.5, 0.6) is 0 Å². The Morgan fingerprint density at radius 3 is 3.08 bits per heavy atom. The Morgan fingerprint density at radius 2 is 2.58 bits per heavy atom. The third-order valence-corrected chi connectivity index (χ3v) is 2.24. The van der Waals surface area contributed by atoms with Gasteiger partial charge in [0.1, 0.15) is 4.88 Å². The molecule has 0 bridgehead atoms. The molecule has 0 aromatic carbocycles. The molecule has 0 radical (unpaired) electrons. The Hall–Kier alpha value is -0.970. The van der Waals surface area contributed by atoms with E-state index in [1.165, 1.54) is 6.20 Å². The maximum atomic E-state index is 11.3. The van der Waals surface area contributed by atoms with E-state index in [0.717, 1.165) is 18.0 Å². The quantitative estimate of drug-likeness (QED) is 0.766. The summed E-state index contributed by atoms with van der Waals surface area (Å²) < 4.78 is 3.61. The van der Waals surface area contributed by atoms with Crippen molar-refractivity contribution in [1.82, 2.24) is 14.9 Å². The molecule has 5 heteroatoms. The number of amides is 1. The summed E-state index contributed by atoms with van der Waals surface area (Å²) in [6, 6.07) is 0.208. The minimum absolute atomic E-state index is 0.0839. The van der Waals surface area contributed by atoms with Gasteiger partial charge in [-0.3, -0.25) is 4.79 Å². The number of nitrogens with one attached hydrogen (secondary N) is 1. The largest absolute Gasteiger partial charge is 0.349 e. The number of hydrogen-bond acceptors (Lipinski definition) is 4. The molecule has 0 saturated heterocycles. The molecular formula is C7H11N3OS. The van der Waals surface area contributed by atoms with Gasteiger partial charge in [-0.2, -0.15) is 0 Å². The summed E-state index contributed by atoms with van der Waals surface area (Å²) in [6.07, 6.45) is 2.40. The molecule has 1 amide bonds. The van der Waals surface area contributed by atoms with Gasteiger partial charge in [0, 0.05) is 6.04 Å². The van der Waals surface area contributed by atoms with Crippen LogP contribution < -0.4 is 5.32 Å². The summed E-state index contributed by atoms with van der Waals surface area (Å²) in [5.74, 6) is -0.0839. The van der Waals surface area contributed by atoms with Crippen molar-refractivity contribution in [2.24, 2.45) is 0 Å². The van der Waals surface area contributed by atoms with Gasteiger partial charge in [-0.1, -0.05) is 11.4 Å². The van der Waals surface area contributed by atoms with E-state index in [-0.39, 0.29) is 11.9 Å². The topological polar surface area (TPSA) is 54.9 Å². The van der Waals surface area contributed by atoms with Crippen molar-refractivity contribution >= 4 is 17.4 Å². The first-order valence-corrected chi connectivity index (χ1v) is 4.59. The Kier molecular flexibility index (Phi) is 3.16. The zero-order valence-corrected chi connectivity index (χ0v) is 7.89. The summed E-state index contributed by atoms with van der Waals surface area (Å²) >= 11 is 1.11.